The molecule has 0 aromatic heterocycles. The second-order valence-corrected chi connectivity index (χ2v) is 9.87. The largest absolute Gasteiger partial charge is 0.271 e. The molecular weight excluding hydrogens is 482 g/mol. The molecular formula is C22H18Cl4N2OS. The molecule has 0 unspecified atom stereocenters. The van der Waals surface area contributed by atoms with E-state index < -0.39 is 5.66 Å². The Labute approximate surface area is 201 Å². The second-order valence-electron chi connectivity index (χ2n) is 7.82. The van der Waals surface area contributed by atoms with E-state index in [0.29, 0.717) is 47.8 Å². The number of nitrogens with zero attached hydrogens (tertiary/aromatic N) is 2. The van der Waals surface area contributed by atoms with Gasteiger partial charge in [0.25, 0.3) is 5.91 Å². The summed E-state index contributed by atoms with van der Waals surface area (Å²) in [6.07, 6.45) is 3.38. The van der Waals surface area contributed by atoms with Crippen molar-refractivity contribution >= 4 is 75.2 Å². The van der Waals surface area contributed by atoms with Gasteiger partial charge in [0.15, 0.2) is 0 Å². The van der Waals surface area contributed by atoms with Crippen LogP contribution in [0, 0.1) is 5.92 Å². The molecule has 0 saturated heterocycles. The lowest BCUT2D eigenvalue weighted by atomic mass is 9.82. The average molecular weight is 500 g/mol. The van der Waals surface area contributed by atoms with E-state index in [1.54, 1.807) is 41.3 Å². The van der Waals surface area contributed by atoms with Crippen molar-refractivity contribution in [2.75, 3.05) is 0 Å². The number of rotatable bonds is 2. The van der Waals surface area contributed by atoms with Crippen LogP contribution in [0.1, 0.15) is 48.5 Å². The van der Waals surface area contributed by atoms with Crippen molar-refractivity contribution in [2.24, 2.45) is 10.9 Å². The molecule has 0 atom stereocenters. The molecule has 0 bridgehead atoms. The van der Waals surface area contributed by atoms with Crippen LogP contribution in [0.4, 0.5) is 0 Å². The zero-order valence-corrected chi connectivity index (χ0v) is 19.9. The molecule has 156 valence electrons. The van der Waals surface area contributed by atoms with Gasteiger partial charge in [0.2, 0.25) is 0 Å². The van der Waals surface area contributed by atoms with Crippen LogP contribution in [-0.2, 0) is 0 Å². The van der Waals surface area contributed by atoms with Crippen LogP contribution in [-0.4, -0.2) is 27.2 Å². The van der Waals surface area contributed by atoms with Gasteiger partial charge in [-0.05, 0) is 68.0 Å². The lowest BCUT2D eigenvalue weighted by Gasteiger charge is -2.40. The molecule has 1 aliphatic carbocycles. The monoisotopic (exact) mass is 498 g/mol. The standard InChI is InChI=1S/C22H18Cl4N2OS/c1-12-6-8-22(9-7-12)27-19(15-4-3-14(23)11-17(15)25)21(30)28(22)20(29)13-2-5-16(24)18(26)10-13/h2-5,10-12H,6-9H2,1H3. The van der Waals surface area contributed by atoms with Gasteiger partial charge in [0, 0.05) is 16.1 Å². The number of aliphatic imine (C=N–C) groups is 1. The first-order valence-corrected chi connectivity index (χ1v) is 11.5. The maximum atomic E-state index is 13.6. The van der Waals surface area contributed by atoms with E-state index in [-0.39, 0.29) is 5.91 Å². The highest BCUT2D eigenvalue weighted by molar-refractivity contribution is 7.82. The summed E-state index contributed by atoms with van der Waals surface area (Å²) in [4.78, 5) is 20.6. The molecule has 2 aromatic rings. The molecule has 1 saturated carbocycles. The number of thiocarbonyl (C=S) groups is 1. The lowest BCUT2D eigenvalue weighted by molar-refractivity contribution is 0.0613. The molecule has 1 spiro atoms. The predicted molar refractivity (Wildman–Crippen MR) is 129 cm³/mol. The average Bonchev–Trinajstić information content (AvgIpc) is 2.98. The summed E-state index contributed by atoms with van der Waals surface area (Å²) in [6.45, 7) is 2.21. The molecule has 8 heteroatoms. The first kappa shape index (κ1) is 22.0. The summed E-state index contributed by atoms with van der Waals surface area (Å²) >= 11 is 30.5. The van der Waals surface area contributed by atoms with Crippen LogP contribution in [0.5, 0.6) is 0 Å². The van der Waals surface area contributed by atoms with Gasteiger partial charge in [-0.15, -0.1) is 0 Å². The molecule has 0 N–H and O–H groups in total. The van der Waals surface area contributed by atoms with Gasteiger partial charge in [0.1, 0.15) is 16.4 Å². The predicted octanol–water partition coefficient (Wildman–Crippen LogP) is 7.48. The Bertz CT molecular complexity index is 1080. The Balaban J connectivity index is 1.80. The van der Waals surface area contributed by atoms with Crippen LogP contribution < -0.4 is 0 Å². The van der Waals surface area contributed by atoms with Crippen LogP contribution in [0.25, 0.3) is 0 Å². The molecule has 30 heavy (non-hydrogen) atoms. The smallest absolute Gasteiger partial charge is 0.261 e. The maximum absolute atomic E-state index is 13.6. The minimum atomic E-state index is -0.717. The van der Waals surface area contributed by atoms with Crippen molar-refractivity contribution < 1.29 is 4.79 Å². The number of hydrogen-bond acceptors (Lipinski definition) is 3. The Kier molecular flexibility index (Phi) is 6.17. The fourth-order valence-electron chi connectivity index (χ4n) is 4.06. The van der Waals surface area contributed by atoms with Crippen molar-refractivity contribution in [1.82, 2.24) is 4.90 Å². The van der Waals surface area contributed by atoms with E-state index in [1.165, 1.54) is 0 Å². The Hall–Kier alpha value is -1.17. The number of carbonyl (C=O) groups is 1. The summed E-state index contributed by atoms with van der Waals surface area (Å²) in [6, 6.07) is 10.0. The van der Waals surface area contributed by atoms with E-state index in [9.17, 15) is 4.79 Å². The van der Waals surface area contributed by atoms with Crippen LogP contribution in [0.15, 0.2) is 41.4 Å². The second kappa shape index (κ2) is 8.40. The SMILES string of the molecule is CC1CCC2(CC1)N=C(c1ccc(Cl)cc1Cl)C(=S)N2C(=O)c1ccc(Cl)c(Cl)c1. The van der Waals surface area contributed by atoms with Gasteiger partial charge in [-0.1, -0.05) is 65.5 Å². The van der Waals surface area contributed by atoms with Gasteiger partial charge < -0.3 is 0 Å². The molecule has 0 radical (unpaired) electrons. The first-order chi connectivity index (χ1) is 14.2. The minimum absolute atomic E-state index is 0.239. The summed E-state index contributed by atoms with van der Waals surface area (Å²) in [5, 5.41) is 1.69. The molecule has 1 aliphatic heterocycles. The third-order valence-electron chi connectivity index (χ3n) is 5.77. The van der Waals surface area contributed by atoms with Crippen molar-refractivity contribution in [3.8, 4) is 0 Å². The van der Waals surface area contributed by atoms with E-state index in [0.717, 1.165) is 25.7 Å². The zero-order chi connectivity index (χ0) is 21.6. The Morgan fingerprint density at radius 3 is 2.37 bits per heavy atom. The third-order valence-corrected chi connectivity index (χ3v) is 7.44. The van der Waals surface area contributed by atoms with E-state index in [4.69, 9.17) is 63.6 Å². The number of benzene rings is 2. The van der Waals surface area contributed by atoms with Gasteiger partial charge >= 0.3 is 0 Å². The van der Waals surface area contributed by atoms with E-state index >= 15 is 0 Å². The van der Waals surface area contributed by atoms with Gasteiger partial charge in [-0.2, -0.15) is 0 Å². The van der Waals surface area contributed by atoms with Crippen LogP contribution >= 0.6 is 58.6 Å². The molecule has 2 aliphatic rings. The molecule has 3 nitrogen and oxygen atoms in total. The topological polar surface area (TPSA) is 32.7 Å². The molecule has 2 aromatic carbocycles. The van der Waals surface area contributed by atoms with E-state index in [2.05, 4.69) is 6.92 Å². The molecule has 1 amide bonds. The molecule has 4 rings (SSSR count). The molecule has 1 heterocycles. The Morgan fingerprint density at radius 2 is 1.73 bits per heavy atom. The summed E-state index contributed by atoms with van der Waals surface area (Å²) < 4.78 is 0. The lowest BCUT2D eigenvalue weighted by Crippen LogP contribution is -2.51. The normalized spacial score (nSPS) is 23.8. The quantitative estimate of drug-likeness (QED) is 0.401. The number of amides is 1. The summed E-state index contributed by atoms with van der Waals surface area (Å²) in [5.74, 6) is 0.335. The zero-order valence-electron chi connectivity index (χ0n) is 16.1. The molecule has 1 fully saturated rings. The van der Waals surface area contributed by atoms with Crippen molar-refractivity contribution in [3.63, 3.8) is 0 Å². The third kappa shape index (κ3) is 3.89. The van der Waals surface area contributed by atoms with Gasteiger partial charge in [-0.3, -0.25) is 14.7 Å². The van der Waals surface area contributed by atoms with Crippen molar-refractivity contribution in [3.05, 3.63) is 67.6 Å². The first-order valence-electron chi connectivity index (χ1n) is 9.61. The van der Waals surface area contributed by atoms with Crippen LogP contribution in [0.2, 0.25) is 20.1 Å². The number of hydrogen-bond donors (Lipinski definition) is 0. The van der Waals surface area contributed by atoms with Crippen LogP contribution in [0.3, 0.4) is 0 Å². The van der Waals surface area contributed by atoms with Gasteiger partial charge in [0.05, 0.1) is 15.1 Å². The maximum Gasteiger partial charge on any atom is 0.261 e. The van der Waals surface area contributed by atoms with Crippen molar-refractivity contribution in [2.45, 2.75) is 38.3 Å². The number of carbonyl (C=O) groups excluding carboxylic acids is 1. The fourth-order valence-corrected chi connectivity index (χ4v) is 5.26. The Morgan fingerprint density at radius 1 is 1.03 bits per heavy atom. The highest BCUT2D eigenvalue weighted by Crippen LogP contribution is 2.43. The van der Waals surface area contributed by atoms with Crippen molar-refractivity contribution in [1.29, 1.82) is 0 Å². The minimum Gasteiger partial charge on any atom is -0.271 e. The fraction of sp³-hybridized carbons (Fsp3) is 0.318. The van der Waals surface area contributed by atoms with E-state index in [1.807, 2.05) is 0 Å². The highest BCUT2D eigenvalue weighted by Gasteiger charge is 2.50. The highest BCUT2D eigenvalue weighted by atomic mass is 35.5. The van der Waals surface area contributed by atoms with Gasteiger partial charge in [-0.25, -0.2) is 0 Å². The summed E-state index contributed by atoms with van der Waals surface area (Å²) in [7, 11) is 0. The number of halogens is 4. The summed E-state index contributed by atoms with van der Waals surface area (Å²) in [5.41, 5.74) is 0.928.